The quantitative estimate of drug-likeness (QED) is 0.604. The van der Waals surface area contributed by atoms with Crippen LogP contribution in [0, 0.1) is 0 Å². The summed E-state index contributed by atoms with van der Waals surface area (Å²) in [5, 5.41) is 0. The normalized spacial score (nSPS) is 13.2. The minimum absolute atomic E-state index is 0.106. The number of carbonyl (C=O) groups is 1. The van der Waals surface area contributed by atoms with Crippen LogP contribution < -0.4 is 0 Å². The van der Waals surface area contributed by atoms with Crippen LogP contribution in [-0.2, 0) is 10.2 Å². The third-order valence-corrected chi connectivity index (χ3v) is 3.35. The van der Waals surface area contributed by atoms with Gasteiger partial charge in [0, 0.05) is 0 Å². The summed E-state index contributed by atoms with van der Waals surface area (Å²) in [6.45, 7) is 8.31. The van der Waals surface area contributed by atoms with Gasteiger partial charge in [-0.2, -0.15) is 0 Å². The Balaban J connectivity index is 2.78. The van der Waals surface area contributed by atoms with Crippen LogP contribution in [0.1, 0.15) is 43.6 Å². The molecule has 1 aromatic rings. The van der Waals surface area contributed by atoms with Crippen molar-refractivity contribution in [3.05, 3.63) is 35.4 Å². The summed E-state index contributed by atoms with van der Waals surface area (Å²) in [6.07, 6.45) is 1.92. The molecular weight excluding hydrogens is 232 g/mol. The standard InChI is InChI=1S/C14H20O2S/c1-10(17-5)16-13(15)11-6-8-12(9-7-11)14(2,3)4/h6-10H,1-5H3. The molecule has 0 saturated carbocycles. The van der Waals surface area contributed by atoms with Gasteiger partial charge < -0.3 is 4.74 Å². The molecule has 1 atom stereocenters. The fraction of sp³-hybridized carbons (Fsp3) is 0.500. The van der Waals surface area contributed by atoms with Crippen LogP contribution in [0.4, 0.5) is 0 Å². The minimum atomic E-state index is -0.257. The Bertz CT molecular complexity index is 376. The van der Waals surface area contributed by atoms with Gasteiger partial charge >= 0.3 is 5.97 Å². The highest BCUT2D eigenvalue weighted by Gasteiger charge is 2.15. The Hall–Kier alpha value is -0.960. The fourth-order valence-electron chi connectivity index (χ4n) is 1.37. The largest absolute Gasteiger partial charge is 0.448 e. The van der Waals surface area contributed by atoms with Gasteiger partial charge in [0.2, 0.25) is 0 Å². The summed E-state index contributed by atoms with van der Waals surface area (Å²) in [7, 11) is 0. The smallest absolute Gasteiger partial charge is 0.339 e. The number of rotatable bonds is 3. The van der Waals surface area contributed by atoms with Crippen molar-refractivity contribution in [3.8, 4) is 0 Å². The third-order valence-electron chi connectivity index (χ3n) is 2.59. The molecule has 0 fully saturated rings. The molecule has 2 nitrogen and oxygen atoms in total. The van der Waals surface area contributed by atoms with Gasteiger partial charge in [0.1, 0.15) is 5.44 Å². The van der Waals surface area contributed by atoms with Gasteiger partial charge in [-0.05, 0) is 36.3 Å². The molecule has 0 radical (unpaired) electrons. The zero-order valence-corrected chi connectivity index (χ0v) is 11.9. The van der Waals surface area contributed by atoms with Crippen molar-refractivity contribution in [1.82, 2.24) is 0 Å². The summed E-state index contributed by atoms with van der Waals surface area (Å²) in [6, 6.07) is 7.63. The average Bonchev–Trinajstić information content (AvgIpc) is 2.27. The highest BCUT2D eigenvalue weighted by atomic mass is 32.2. The molecule has 1 aromatic carbocycles. The molecule has 0 spiro atoms. The average molecular weight is 252 g/mol. The van der Waals surface area contributed by atoms with E-state index in [0.717, 1.165) is 0 Å². The van der Waals surface area contributed by atoms with E-state index in [2.05, 4.69) is 20.8 Å². The topological polar surface area (TPSA) is 26.3 Å². The van der Waals surface area contributed by atoms with E-state index in [1.807, 2.05) is 37.4 Å². The van der Waals surface area contributed by atoms with Crippen molar-refractivity contribution in [2.45, 2.75) is 38.5 Å². The van der Waals surface area contributed by atoms with Crippen molar-refractivity contribution in [2.75, 3.05) is 6.26 Å². The lowest BCUT2D eigenvalue weighted by Crippen LogP contribution is -2.13. The second kappa shape index (κ2) is 5.58. The molecule has 0 amide bonds. The van der Waals surface area contributed by atoms with E-state index in [4.69, 9.17) is 4.74 Å². The number of carbonyl (C=O) groups excluding carboxylic acids is 1. The van der Waals surface area contributed by atoms with Gasteiger partial charge in [-0.1, -0.05) is 32.9 Å². The molecule has 0 bridgehead atoms. The summed E-state index contributed by atoms with van der Waals surface area (Å²) in [5.41, 5.74) is 1.82. The lowest BCUT2D eigenvalue weighted by atomic mass is 9.87. The Morgan fingerprint density at radius 1 is 1.24 bits per heavy atom. The summed E-state index contributed by atoms with van der Waals surface area (Å²) >= 11 is 1.51. The lowest BCUT2D eigenvalue weighted by molar-refractivity contribution is 0.0482. The maximum absolute atomic E-state index is 11.7. The molecule has 0 aliphatic carbocycles. The van der Waals surface area contributed by atoms with Crippen LogP contribution in [0.5, 0.6) is 0 Å². The SMILES string of the molecule is CSC(C)OC(=O)c1ccc(C(C)(C)C)cc1. The second-order valence-electron chi connectivity index (χ2n) is 5.04. The Morgan fingerprint density at radius 2 is 1.76 bits per heavy atom. The number of hydrogen-bond acceptors (Lipinski definition) is 3. The van der Waals surface area contributed by atoms with Gasteiger partial charge in [0.15, 0.2) is 0 Å². The predicted octanol–water partition coefficient (Wildman–Crippen LogP) is 3.85. The molecule has 0 N–H and O–H groups in total. The van der Waals surface area contributed by atoms with E-state index >= 15 is 0 Å². The van der Waals surface area contributed by atoms with Gasteiger partial charge in [-0.3, -0.25) is 0 Å². The summed E-state index contributed by atoms with van der Waals surface area (Å²) < 4.78 is 5.24. The summed E-state index contributed by atoms with van der Waals surface area (Å²) in [4.78, 5) is 11.7. The van der Waals surface area contributed by atoms with Crippen LogP contribution in [0.25, 0.3) is 0 Å². The van der Waals surface area contributed by atoms with E-state index in [-0.39, 0.29) is 16.8 Å². The van der Waals surface area contributed by atoms with Crippen molar-refractivity contribution in [2.24, 2.45) is 0 Å². The van der Waals surface area contributed by atoms with Gasteiger partial charge in [-0.15, -0.1) is 11.8 Å². The van der Waals surface area contributed by atoms with Crippen LogP contribution in [0.2, 0.25) is 0 Å². The second-order valence-corrected chi connectivity index (χ2v) is 6.17. The van der Waals surface area contributed by atoms with Gasteiger partial charge in [-0.25, -0.2) is 4.79 Å². The van der Waals surface area contributed by atoms with Crippen LogP contribution in [-0.4, -0.2) is 17.7 Å². The first-order valence-corrected chi connectivity index (χ1v) is 6.97. The number of thioether (sulfide) groups is 1. The first kappa shape index (κ1) is 14.1. The van der Waals surface area contributed by atoms with E-state index < -0.39 is 0 Å². The molecule has 0 aliphatic rings. The predicted molar refractivity (Wildman–Crippen MR) is 73.5 cm³/mol. The van der Waals surface area contributed by atoms with Crippen LogP contribution in [0.15, 0.2) is 24.3 Å². The zero-order chi connectivity index (χ0) is 13.1. The molecule has 0 aliphatic heterocycles. The molecule has 3 heteroatoms. The van der Waals surface area contributed by atoms with Crippen molar-refractivity contribution < 1.29 is 9.53 Å². The summed E-state index contributed by atoms with van der Waals surface area (Å²) in [5.74, 6) is -0.257. The lowest BCUT2D eigenvalue weighted by Gasteiger charge is -2.19. The first-order chi connectivity index (χ1) is 7.84. The number of benzene rings is 1. The van der Waals surface area contributed by atoms with E-state index in [0.29, 0.717) is 5.56 Å². The molecule has 0 aromatic heterocycles. The van der Waals surface area contributed by atoms with Crippen molar-refractivity contribution >= 4 is 17.7 Å². The highest BCUT2D eigenvalue weighted by molar-refractivity contribution is 7.99. The molecule has 0 heterocycles. The number of ether oxygens (including phenoxy) is 1. The monoisotopic (exact) mass is 252 g/mol. The van der Waals surface area contributed by atoms with Gasteiger partial charge in [0.25, 0.3) is 0 Å². The molecule has 0 saturated heterocycles. The van der Waals surface area contributed by atoms with Crippen molar-refractivity contribution in [1.29, 1.82) is 0 Å². The molecule has 1 unspecified atom stereocenters. The Labute approximate surface area is 108 Å². The zero-order valence-electron chi connectivity index (χ0n) is 11.1. The molecule has 1 rings (SSSR count). The van der Waals surface area contributed by atoms with E-state index in [1.54, 1.807) is 0 Å². The van der Waals surface area contributed by atoms with Crippen LogP contribution in [0.3, 0.4) is 0 Å². The van der Waals surface area contributed by atoms with Crippen molar-refractivity contribution in [3.63, 3.8) is 0 Å². The maximum Gasteiger partial charge on any atom is 0.339 e. The fourth-order valence-corrected chi connectivity index (χ4v) is 1.56. The Morgan fingerprint density at radius 3 is 2.18 bits per heavy atom. The highest BCUT2D eigenvalue weighted by Crippen LogP contribution is 2.22. The van der Waals surface area contributed by atoms with E-state index in [9.17, 15) is 4.79 Å². The molecule has 94 valence electrons. The van der Waals surface area contributed by atoms with E-state index in [1.165, 1.54) is 17.3 Å². The molecular formula is C14H20O2S. The molecule has 17 heavy (non-hydrogen) atoms. The number of esters is 1. The Kier molecular flexibility index (Phi) is 4.63. The van der Waals surface area contributed by atoms with Gasteiger partial charge in [0.05, 0.1) is 5.56 Å². The third kappa shape index (κ3) is 4.08. The van der Waals surface area contributed by atoms with Crippen LogP contribution >= 0.6 is 11.8 Å². The first-order valence-electron chi connectivity index (χ1n) is 5.69. The minimum Gasteiger partial charge on any atom is -0.448 e. The maximum atomic E-state index is 11.7. The number of hydrogen-bond donors (Lipinski definition) is 0.